The van der Waals surface area contributed by atoms with E-state index in [1.54, 1.807) is 14.0 Å². The molecule has 0 bridgehead atoms. The van der Waals surface area contributed by atoms with E-state index in [1.807, 2.05) is 0 Å². The van der Waals surface area contributed by atoms with Crippen molar-refractivity contribution in [2.45, 2.75) is 13.0 Å². The van der Waals surface area contributed by atoms with Crippen molar-refractivity contribution >= 4 is 27.7 Å². The molecule has 0 aliphatic heterocycles. The summed E-state index contributed by atoms with van der Waals surface area (Å²) in [7, 11) is 1.55. The molecule has 100 valence electrons. The molecular formula is C11H15BrN2O4. The Hall–Kier alpha value is -1.34. The predicted octanol–water partition coefficient (Wildman–Crippen LogP) is 0.923. The van der Waals surface area contributed by atoms with Gasteiger partial charge in [0.05, 0.1) is 18.4 Å². The van der Waals surface area contributed by atoms with Gasteiger partial charge in [0.25, 0.3) is 5.91 Å². The molecule has 0 aromatic carbocycles. The number of methoxy groups -OCH3 is 1. The van der Waals surface area contributed by atoms with Crippen molar-refractivity contribution in [3.05, 3.63) is 22.6 Å². The van der Waals surface area contributed by atoms with Crippen molar-refractivity contribution in [1.82, 2.24) is 10.6 Å². The highest BCUT2D eigenvalue weighted by Gasteiger charge is 2.18. The fourth-order valence-corrected chi connectivity index (χ4v) is 1.65. The molecule has 1 aromatic rings. The van der Waals surface area contributed by atoms with Gasteiger partial charge in [0.2, 0.25) is 5.91 Å². The molecule has 0 saturated heterocycles. The molecule has 7 heteroatoms. The Balaban J connectivity index is 2.44. The molecule has 0 saturated carbocycles. The lowest BCUT2D eigenvalue weighted by Gasteiger charge is -2.13. The first kappa shape index (κ1) is 14.7. The van der Waals surface area contributed by atoms with E-state index in [0.29, 0.717) is 23.4 Å². The van der Waals surface area contributed by atoms with E-state index in [9.17, 15) is 9.59 Å². The van der Waals surface area contributed by atoms with Gasteiger partial charge in [-0.3, -0.25) is 9.59 Å². The third kappa shape index (κ3) is 4.15. The maximum absolute atomic E-state index is 11.8. The van der Waals surface area contributed by atoms with Crippen molar-refractivity contribution in [3.63, 3.8) is 0 Å². The zero-order valence-corrected chi connectivity index (χ0v) is 11.7. The van der Waals surface area contributed by atoms with Crippen LogP contribution in [0.3, 0.4) is 0 Å². The molecule has 2 amide bonds. The van der Waals surface area contributed by atoms with Crippen LogP contribution in [0, 0.1) is 0 Å². The van der Waals surface area contributed by atoms with Crippen LogP contribution >= 0.6 is 15.9 Å². The molecule has 0 fully saturated rings. The Labute approximate surface area is 113 Å². The molecule has 2 N–H and O–H groups in total. The number of halogens is 1. The average Bonchev–Trinajstić information content (AvgIpc) is 2.75. The van der Waals surface area contributed by atoms with Crippen LogP contribution < -0.4 is 10.6 Å². The smallest absolute Gasteiger partial charge is 0.256 e. The van der Waals surface area contributed by atoms with E-state index in [0.717, 1.165) is 0 Å². The highest BCUT2D eigenvalue weighted by molar-refractivity contribution is 9.10. The van der Waals surface area contributed by atoms with Crippen LogP contribution in [-0.4, -0.2) is 38.1 Å². The summed E-state index contributed by atoms with van der Waals surface area (Å²) < 4.78 is 10.1. The SMILES string of the molecule is COCCNC(=O)C(C)NC(=O)c1ccoc1Br. The second-order valence-corrected chi connectivity index (χ2v) is 4.31. The highest BCUT2D eigenvalue weighted by Crippen LogP contribution is 2.17. The maximum atomic E-state index is 11.8. The van der Waals surface area contributed by atoms with Crippen molar-refractivity contribution < 1.29 is 18.7 Å². The summed E-state index contributed by atoms with van der Waals surface area (Å²) >= 11 is 3.10. The van der Waals surface area contributed by atoms with E-state index >= 15 is 0 Å². The number of carbonyl (C=O) groups excluding carboxylic acids is 2. The summed E-state index contributed by atoms with van der Waals surface area (Å²) in [5, 5.41) is 5.20. The predicted molar refractivity (Wildman–Crippen MR) is 68.2 cm³/mol. The monoisotopic (exact) mass is 318 g/mol. The summed E-state index contributed by atoms with van der Waals surface area (Å²) in [6.07, 6.45) is 1.39. The summed E-state index contributed by atoms with van der Waals surface area (Å²) in [6.45, 7) is 2.44. The third-order valence-corrected chi connectivity index (χ3v) is 2.82. The van der Waals surface area contributed by atoms with E-state index in [2.05, 4.69) is 26.6 Å². The number of amides is 2. The van der Waals surface area contributed by atoms with Crippen LogP contribution in [0.25, 0.3) is 0 Å². The molecule has 1 rings (SSSR count). The van der Waals surface area contributed by atoms with E-state index in [1.165, 1.54) is 12.3 Å². The van der Waals surface area contributed by atoms with Gasteiger partial charge < -0.3 is 19.8 Å². The number of ether oxygens (including phenoxy) is 1. The van der Waals surface area contributed by atoms with Crippen LogP contribution in [0.1, 0.15) is 17.3 Å². The lowest BCUT2D eigenvalue weighted by atomic mass is 10.2. The number of carbonyl (C=O) groups is 2. The highest BCUT2D eigenvalue weighted by atomic mass is 79.9. The normalized spacial score (nSPS) is 11.9. The zero-order chi connectivity index (χ0) is 13.5. The number of rotatable bonds is 6. The molecule has 1 unspecified atom stereocenters. The first-order chi connectivity index (χ1) is 8.56. The lowest BCUT2D eigenvalue weighted by molar-refractivity contribution is -0.122. The van der Waals surface area contributed by atoms with Gasteiger partial charge in [0, 0.05) is 13.7 Å². The Morgan fingerprint density at radius 3 is 2.83 bits per heavy atom. The van der Waals surface area contributed by atoms with Crippen LogP contribution in [0.15, 0.2) is 21.4 Å². The van der Waals surface area contributed by atoms with Crippen LogP contribution in [0.2, 0.25) is 0 Å². The van der Waals surface area contributed by atoms with Gasteiger partial charge in [-0.2, -0.15) is 0 Å². The quantitative estimate of drug-likeness (QED) is 0.764. The molecule has 0 aliphatic carbocycles. The molecule has 1 heterocycles. The minimum Gasteiger partial charge on any atom is -0.457 e. The van der Waals surface area contributed by atoms with Crippen LogP contribution in [-0.2, 0) is 9.53 Å². The van der Waals surface area contributed by atoms with Crippen molar-refractivity contribution in [1.29, 1.82) is 0 Å². The van der Waals surface area contributed by atoms with Gasteiger partial charge >= 0.3 is 0 Å². The van der Waals surface area contributed by atoms with Crippen LogP contribution in [0.4, 0.5) is 0 Å². The topological polar surface area (TPSA) is 80.6 Å². The van der Waals surface area contributed by atoms with Gasteiger partial charge in [0.15, 0.2) is 4.67 Å². The largest absolute Gasteiger partial charge is 0.457 e. The van der Waals surface area contributed by atoms with E-state index in [-0.39, 0.29) is 11.8 Å². The Morgan fingerprint density at radius 1 is 1.56 bits per heavy atom. The number of hydrogen-bond acceptors (Lipinski definition) is 4. The summed E-state index contributed by atoms with van der Waals surface area (Å²) in [5.41, 5.74) is 0.353. The number of nitrogens with one attached hydrogen (secondary N) is 2. The Bertz CT molecular complexity index is 419. The summed E-state index contributed by atoms with van der Waals surface area (Å²) in [5.74, 6) is -0.634. The molecule has 6 nitrogen and oxygen atoms in total. The molecule has 1 aromatic heterocycles. The van der Waals surface area contributed by atoms with Gasteiger partial charge in [-0.25, -0.2) is 0 Å². The average molecular weight is 319 g/mol. The van der Waals surface area contributed by atoms with E-state index < -0.39 is 6.04 Å². The molecule has 1 atom stereocenters. The lowest BCUT2D eigenvalue weighted by Crippen LogP contribution is -2.45. The fraction of sp³-hybridized carbons (Fsp3) is 0.455. The van der Waals surface area contributed by atoms with Crippen molar-refractivity contribution in [2.24, 2.45) is 0 Å². The number of hydrogen-bond donors (Lipinski definition) is 2. The standard InChI is InChI=1S/C11H15BrN2O4/c1-7(10(15)13-4-6-17-2)14-11(16)8-3-5-18-9(8)12/h3,5,7H,4,6H2,1-2H3,(H,13,15)(H,14,16). The maximum Gasteiger partial charge on any atom is 0.256 e. The van der Waals surface area contributed by atoms with E-state index in [4.69, 9.17) is 9.15 Å². The molecule has 0 aliphatic rings. The molecule has 0 spiro atoms. The van der Waals surface area contributed by atoms with Gasteiger partial charge in [-0.15, -0.1) is 0 Å². The van der Waals surface area contributed by atoms with Gasteiger partial charge in [-0.1, -0.05) is 0 Å². The first-order valence-electron chi connectivity index (χ1n) is 5.36. The van der Waals surface area contributed by atoms with Crippen molar-refractivity contribution in [3.8, 4) is 0 Å². The minimum atomic E-state index is -0.629. The van der Waals surface area contributed by atoms with Gasteiger partial charge in [-0.05, 0) is 28.9 Å². The Kier molecular flexibility index (Phi) is 5.87. The fourth-order valence-electron chi connectivity index (χ4n) is 1.23. The second kappa shape index (κ2) is 7.17. The first-order valence-corrected chi connectivity index (χ1v) is 6.16. The van der Waals surface area contributed by atoms with Crippen LogP contribution in [0.5, 0.6) is 0 Å². The number of furan rings is 1. The third-order valence-electron chi connectivity index (χ3n) is 2.21. The molecule has 0 radical (unpaired) electrons. The second-order valence-electron chi connectivity index (χ2n) is 3.59. The molecular weight excluding hydrogens is 304 g/mol. The molecule has 18 heavy (non-hydrogen) atoms. The van der Waals surface area contributed by atoms with Crippen molar-refractivity contribution in [2.75, 3.05) is 20.3 Å². The minimum absolute atomic E-state index is 0.264. The van der Waals surface area contributed by atoms with Gasteiger partial charge in [0.1, 0.15) is 6.04 Å². The summed E-state index contributed by atoms with van der Waals surface area (Å²) in [6, 6.07) is 0.894. The Morgan fingerprint density at radius 2 is 2.28 bits per heavy atom. The summed E-state index contributed by atoms with van der Waals surface area (Å²) in [4.78, 5) is 23.4. The zero-order valence-electron chi connectivity index (χ0n) is 10.2.